The van der Waals surface area contributed by atoms with Crippen LogP contribution in [-0.4, -0.2) is 51.8 Å². The number of aromatic nitrogens is 4. The van der Waals surface area contributed by atoms with Crippen LogP contribution in [0.1, 0.15) is 35.7 Å². The van der Waals surface area contributed by atoms with E-state index in [9.17, 15) is 0 Å². The molecule has 0 bridgehead atoms. The summed E-state index contributed by atoms with van der Waals surface area (Å²) in [4.78, 5) is 14.1. The Hall–Kier alpha value is -2.44. The van der Waals surface area contributed by atoms with Crippen molar-refractivity contribution in [3.63, 3.8) is 0 Å². The monoisotopic (exact) mass is 424 g/mol. The predicted octanol–water partition coefficient (Wildman–Crippen LogP) is 4.28. The average Bonchev–Trinajstić information content (AvgIpc) is 3.05. The number of benzene rings is 1. The second kappa shape index (κ2) is 8.74. The summed E-state index contributed by atoms with van der Waals surface area (Å²) in [6.07, 6.45) is 6.39. The summed E-state index contributed by atoms with van der Waals surface area (Å²) < 4.78 is 1.90. The third-order valence-electron chi connectivity index (χ3n) is 5.76. The average molecular weight is 425 g/mol. The highest BCUT2D eigenvalue weighted by molar-refractivity contribution is 6.30. The molecular weight excluding hydrogens is 396 g/mol. The number of anilines is 1. The molecule has 158 valence electrons. The fourth-order valence-corrected chi connectivity index (χ4v) is 4.36. The summed E-state index contributed by atoms with van der Waals surface area (Å²) in [5.74, 6) is 1.12. The summed E-state index contributed by atoms with van der Waals surface area (Å²) in [7, 11) is 5.95. The van der Waals surface area contributed by atoms with E-state index in [2.05, 4.69) is 40.2 Å². The molecule has 1 aromatic carbocycles. The SMILES string of the molecule is Cc1nn(C)cc1CN1CCCC(c2nc(N(C)C)ncc2-c2ccc(Cl)cc2)C1. The fraction of sp³-hybridized carbons (Fsp3) is 0.435. The van der Waals surface area contributed by atoms with Crippen molar-refractivity contribution in [1.82, 2.24) is 24.6 Å². The lowest BCUT2D eigenvalue weighted by Gasteiger charge is -2.33. The van der Waals surface area contributed by atoms with Crippen LogP contribution in [0.3, 0.4) is 0 Å². The van der Waals surface area contributed by atoms with Crippen LogP contribution in [0.2, 0.25) is 5.02 Å². The molecule has 0 saturated carbocycles. The first-order chi connectivity index (χ1) is 14.4. The van der Waals surface area contributed by atoms with E-state index >= 15 is 0 Å². The van der Waals surface area contributed by atoms with Gasteiger partial charge in [-0.25, -0.2) is 9.97 Å². The minimum absolute atomic E-state index is 0.364. The molecule has 4 rings (SSSR count). The molecule has 6 nitrogen and oxygen atoms in total. The number of likely N-dealkylation sites (tertiary alicyclic amines) is 1. The highest BCUT2D eigenvalue weighted by atomic mass is 35.5. The zero-order chi connectivity index (χ0) is 21.3. The smallest absolute Gasteiger partial charge is 0.225 e. The number of halogens is 1. The second-order valence-electron chi connectivity index (χ2n) is 8.36. The highest BCUT2D eigenvalue weighted by Gasteiger charge is 2.26. The molecule has 3 aromatic rings. The van der Waals surface area contributed by atoms with Crippen LogP contribution < -0.4 is 4.90 Å². The number of nitrogens with zero attached hydrogens (tertiary/aromatic N) is 6. The van der Waals surface area contributed by atoms with Crippen LogP contribution in [0.15, 0.2) is 36.7 Å². The zero-order valence-electron chi connectivity index (χ0n) is 18.1. The van der Waals surface area contributed by atoms with E-state index in [1.165, 1.54) is 5.56 Å². The second-order valence-corrected chi connectivity index (χ2v) is 8.79. The molecule has 0 amide bonds. The first-order valence-corrected chi connectivity index (χ1v) is 10.8. The van der Waals surface area contributed by atoms with E-state index in [1.807, 2.05) is 49.1 Å². The molecule has 1 saturated heterocycles. The van der Waals surface area contributed by atoms with Gasteiger partial charge in [0.15, 0.2) is 0 Å². The summed E-state index contributed by atoms with van der Waals surface area (Å²) in [5, 5.41) is 5.24. The van der Waals surface area contributed by atoms with Gasteiger partial charge in [0.05, 0.1) is 11.4 Å². The Labute approximate surface area is 183 Å². The molecule has 1 unspecified atom stereocenters. The van der Waals surface area contributed by atoms with Crippen molar-refractivity contribution in [2.24, 2.45) is 7.05 Å². The molecule has 1 aliphatic rings. The molecule has 1 atom stereocenters. The number of hydrogen-bond donors (Lipinski definition) is 0. The van der Waals surface area contributed by atoms with E-state index in [0.717, 1.165) is 66.0 Å². The lowest BCUT2D eigenvalue weighted by Crippen LogP contribution is -2.34. The van der Waals surface area contributed by atoms with Gasteiger partial charge in [0.2, 0.25) is 5.95 Å². The van der Waals surface area contributed by atoms with Crippen LogP contribution >= 0.6 is 11.6 Å². The van der Waals surface area contributed by atoms with Gasteiger partial charge in [-0.1, -0.05) is 23.7 Å². The van der Waals surface area contributed by atoms with Gasteiger partial charge in [-0.15, -0.1) is 0 Å². The summed E-state index contributed by atoms with van der Waals surface area (Å²) in [6, 6.07) is 7.97. The highest BCUT2D eigenvalue weighted by Crippen LogP contribution is 2.34. The maximum absolute atomic E-state index is 6.11. The van der Waals surface area contributed by atoms with Gasteiger partial charge in [-0.05, 0) is 44.0 Å². The molecule has 0 radical (unpaired) electrons. The Balaban J connectivity index is 1.64. The first-order valence-electron chi connectivity index (χ1n) is 10.4. The van der Waals surface area contributed by atoms with Gasteiger partial charge in [0.1, 0.15) is 0 Å². The Morgan fingerprint density at radius 1 is 1.20 bits per heavy atom. The van der Waals surface area contributed by atoms with E-state index in [4.69, 9.17) is 16.6 Å². The quantitative estimate of drug-likeness (QED) is 0.611. The largest absolute Gasteiger partial charge is 0.347 e. The predicted molar refractivity (Wildman–Crippen MR) is 122 cm³/mol. The summed E-state index contributed by atoms with van der Waals surface area (Å²) >= 11 is 6.11. The van der Waals surface area contributed by atoms with Crippen molar-refractivity contribution in [3.8, 4) is 11.1 Å². The van der Waals surface area contributed by atoms with E-state index in [0.29, 0.717) is 5.92 Å². The minimum atomic E-state index is 0.364. The Morgan fingerprint density at radius 3 is 2.63 bits per heavy atom. The van der Waals surface area contributed by atoms with Crippen molar-refractivity contribution in [2.75, 3.05) is 32.1 Å². The molecule has 30 heavy (non-hydrogen) atoms. The minimum Gasteiger partial charge on any atom is -0.347 e. The van der Waals surface area contributed by atoms with Crippen LogP contribution in [0.4, 0.5) is 5.95 Å². The Morgan fingerprint density at radius 2 is 1.97 bits per heavy atom. The molecular formula is C23H29ClN6. The first kappa shape index (κ1) is 20.8. The lowest BCUT2D eigenvalue weighted by atomic mass is 9.89. The topological polar surface area (TPSA) is 50.1 Å². The Bertz CT molecular complexity index is 1010. The third-order valence-corrected chi connectivity index (χ3v) is 6.01. The van der Waals surface area contributed by atoms with E-state index in [-0.39, 0.29) is 0 Å². The van der Waals surface area contributed by atoms with Gasteiger partial charge in [-0.3, -0.25) is 9.58 Å². The standard InChI is InChI=1S/C23H29ClN6/c1-16-19(13-29(4)27-16)15-30-11-5-6-18(14-30)22-21(12-25-23(26-22)28(2)3)17-7-9-20(24)10-8-17/h7-10,12-13,18H,5-6,11,14-15H2,1-4H3. The van der Waals surface area contributed by atoms with Crippen LogP contribution in [0, 0.1) is 6.92 Å². The third kappa shape index (κ3) is 4.50. The van der Waals surface area contributed by atoms with Gasteiger partial charge >= 0.3 is 0 Å². The molecule has 7 heteroatoms. The number of aryl methyl sites for hydroxylation is 2. The molecule has 1 aliphatic heterocycles. The maximum atomic E-state index is 6.11. The van der Waals surface area contributed by atoms with E-state index in [1.54, 1.807) is 0 Å². The molecule has 0 N–H and O–H groups in total. The molecule has 0 aliphatic carbocycles. The fourth-order valence-electron chi connectivity index (χ4n) is 4.23. The van der Waals surface area contributed by atoms with Crippen molar-refractivity contribution in [1.29, 1.82) is 0 Å². The van der Waals surface area contributed by atoms with Gasteiger partial charge in [0, 0.05) is 68.7 Å². The maximum Gasteiger partial charge on any atom is 0.225 e. The molecule has 1 fully saturated rings. The molecule has 3 heterocycles. The molecule has 0 spiro atoms. The van der Waals surface area contributed by atoms with Crippen LogP contribution in [0.25, 0.3) is 11.1 Å². The van der Waals surface area contributed by atoms with Crippen molar-refractivity contribution in [2.45, 2.75) is 32.2 Å². The van der Waals surface area contributed by atoms with Crippen molar-refractivity contribution < 1.29 is 0 Å². The van der Waals surface area contributed by atoms with Crippen molar-refractivity contribution in [3.05, 3.63) is 58.6 Å². The van der Waals surface area contributed by atoms with E-state index < -0.39 is 0 Å². The Kier molecular flexibility index (Phi) is 6.06. The van der Waals surface area contributed by atoms with Gasteiger partial charge < -0.3 is 4.90 Å². The molecule has 2 aromatic heterocycles. The summed E-state index contributed by atoms with van der Waals surface area (Å²) in [5.41, 5.74) is 5.75. The van der Waals surface area contributed by atoms with Crippen LogP contribution in [0.5, 0.6) is 0 Å². The number of rotatable bonds is 5. The normalized spacial score (nSPS) is 17.3. The number of piperidine rings is 1. The van der Waals surface area contributed by atoms with Crippen molar-refractivity contribution >= 4 is 17.5 Å². The zero-order valence-corrected chi connectivity index (χ0v) is 18.9. The summed E-state index contributed by atoms with van der Waals surface area (Å²) in [6.45, 7) is 5.10. The van der Waals surface area contributed by atoms with Crippen LogP contribution in [-0.2, 0) is 13.6 Å². The number of hydrogen-bond acceptors (Lipinski definition) is 5. The van der Waals surface area contributed by atoms with Gasteiger partial charge in [-0.2, -0.15) is 5.10 Å². The lowest BCUT2D eigenvalue weighted by molar-refractivity contribution is 0.198. The van der Waals surface area contributed by atoms with Gasteiger partial charge in [0.25, 0.3) is 0 Å².